The molecule has 1 aliphatic heterocycles. The molecule has 3 aromatic carbocycles. The number of nitrogens with zero attached hydrogens (tertiary/aromatic N) is 2. The van der Waals surface area contributed by atoms with Crippen molar-refractivity contribution in [3.05, 3.63) is 96.1 Å². The van der Waals surface area contributed by atoms with Gasteiger partial charge in [0.05, 0.1) is 4.90 Å². The van der Waals surface area contributed by atoms with Crippen molar-refractivity contribution < 1.29 is 13.2 Å². The molecule has 6 nitrogen and oxygen atoms in total. The van der Waals surface area contributed by atoms with Crippen LogP contribution >= 0.6 is 0 Å². The molecule has 0 bridgehead atoms. The van der Waals surface area contributed by atoms with E-state index in [4.69, 9.17) is 0 Å². The third kappa shape index (κ3) is 3.39. The van der Waals surface area contributed by atoms with Crippen molar-refractivity contribution in [3.8, 4) is 0 Å². The van der Waals surface area contributed by atoms with Crippen molar-refractivity contribution in [2.24, 2.45) is 5.10 Å². The fourth-order valence-corrected chi connectivity index (χ4v) is 4.39. The molecule has 1 heterocycles. The van der Waals surface area contributed by atoms with E-state index >= 15 is 0 Å². The second-order valence-electron chi connectivity index (χ2n) is 6.21. The van der Waals surface area contributed by atoms with Gasteiger partial charge in [0.25, 0.3) is 10.0 Å². The average Bonchev–Trinajstić information content (AvgIpc) is 2.72. The van der Waals surface area contributed by atoms with Gasteiger partial charge in [-0.1, -0.05) is 66.7 Å². The van der Waals surface area contributed by atoms with Crippen LogP contribution in [0.15, 0.2) is 94.9 Å². The van der Waals surface area contributed by atoms with Gasteiger partial charge >= 0.3 is 0 Å². The third-order valence-electron chi connectivity index (χ3n) is 4.29. The molecular weight excluding hydrogens is 374 g/mol. The average molecular weight is 391 g/mol. The summed E-state index contributed by atoms with van der Waals surface area (Å²) in [5.74, 6) is -0.467. The Kier molecular flexibility index (Phi) is 4.67. The van der Waals surface area contributed by atoms with Gasteiger partial charge in [0, 0.05) is 16.8 Å². The maximum Gasteiger partial charge on any atom is 0.280 e. The van der Waals surface area contributed by atoms with Crippen LogP contribution in [0.4, 0.5) is 5.69 Å². The molecule has 3 aromatic rings. The Morgan fingerprint density at radius 3 is 2.18 bits per heavy atom. The number of carbonyl (C=O) groups excluding carboxylic acids is 1. The molecule has 0 unspecified atom stereocenters. The zero-order chi connectivity index (χ0) is 19.6. The maximum atomic E-state index is 13.0. The zero-order valence-electron chi connectivity index (χ0n) is 14.8. The number of hydrogen-bond donors (Lipinski definition) is 1. The zero-order valence-corrected chi connectivity index (χ0v) is 15.6. The van der Waals surface area contributed by atoms with E-state index in [1.807, 2.05) is 36.4 Å². The van der Waals surface area contributed by atoms with Crippen LogP contribution in [0.3, 0.4) is 0 Å². The van der Waals surface area contributed by atoms with E-state index in [1.165, 1.54) is 6.07 Å². The van der Waals surface area contributed by atoms with Gasteiger partial charge in [0.15, 0.2) is 0 Å². The number of carbonyl (C=O) groups is 1. The number of para-hydroxylation sites is 1. The van der Waals surface area contributed by atoms with Crippen LogP contribution in [0.5, 0.6) is 0 Å². The number of hydrazone groups is 1. The summed E-state index contributed by atoms with van der Waals surface area (Å²) in [6, 6.07) is 24.9. The van der Waals surface area contributed by atoms with Crippen molar-refractivity contribution in [3.63, 3.8) is 0 Å². The topological polar surface area (TPSA) is 78.8 Å². The minimum atomic E-state index is -3.93. The van der Waals surface area contributed by atoms with Crippen LogP contribution in [0, 0.1) is 0 Å². The normalized spacial score (nSPS) is 14.7. The summed E-state index contributed by atoms with van der Waals surface area (Å²) in [5, 5.41) is 7.02. The second kappa shape index (κ2) is 7.28. The van der Waals surface area contributed by atoms with E-state index < -0.39 is 22.5 Å². The lowest BCUT2D eigenvalue weighted by molar-refractivity contribution is -0.116. The predicted molar refractivity (Wildman–Crippen MR) is 107 cm³/mol. The van der Waals surface area contributed by atoms with Gasteiger partial charge < -0.3 is 5.32 Å². The van der Waals surface area contributed by atoms with Gasteiger partial charge in [-0.15, -0.1) is 0 Å². The van der Waals surface area contributed by atoms with Crippen LogP contribution in [0.1, 0.15) is 11.1 Å². The van der Waals surface area contributed by atoms with Crippen LogP contribution in [-0.2, 0) is 14.8 Å². The summed E-state index contributed by atoms with van der Waals surface area (Å²) in [6.07, 6.45) is 0. The summed E-state index contributed by atoms with van der Waals surface area (Å²) in [7, 11) is -3.93. The summed E-state index contributed by atoms with van der Waals surface area (Å²) < 4.78 is 26.9. The number of sulfonamides is 1. The highest BCUT2D eigenvalue weighted by molar-refractivity contribution is 7.89. The molecule has 0 aromatic heterocycles. The summed E-state index contributed by atoms with van der Waals surface area (Å²) in [6.45, 7) is -0.415. The van der Waals surface area contributed by atoms with Crippen LogP contribution in [0.2, 0.25) is 0 Å². The van der Waals surface area contributed by atoms with Crippen LogP contribution in [-0.4, -0.2) is 31.0 Å². The summed E-state index contributed by atoms with van der Waals surface area (Å²) in [5.41, 5.74) is 2.40. The first-order valence-corrected chi connectivity index (χ1v) is 10.1. The first-order valence-electron chi connectivity index (χ1n) is 8.67. The minimum Gasteiger partial charge on any atom is -0.324 e. The Hall–Kier alpha value is -3.45. The molecule has 1 amide bonds. The van der Waals surface area contributed by atoms with E-state index in [2.05, 4.69) is 10.4 Å². The number of benzene rings is 3. The first kappa shape index (κ1) is 17.9. The molecule has 140 valence electrons. The molecule has 28 heavy (non-hydrogen) atoms. The fourth-order valence-electron chi connectivity index (χ4n) is 2.99. The molecule has 0 spiro atoms. The van der Waals surface area contributed by atoms with Crippen molar-refractivity contribution in [2.75, 3.05) is 11.9 Å². The smallest absolute Gasteiger partial charge is 0.280 e. The molecule has 0 radical (unpaired) electrons. The highest BCUT2D eigenvalue weighted by Gasteiger charge is 2.34. The van der Waals surface area contributed by atoms with Crippen molar-refractivity contribution in [2.45, 2.75) is 4.90 Å². The highest BCUT2D eigenvalue weighted by Crippen LogP contribution is 2.28. The summed E-state index contributed by atoms with van der Waals surface area (Å²) in [4.78, 5) is 12.6. The Labute approximate surface area is 163 Å². The molecular formula is C21H17N3O3S. The van der Waals surface area contributed by atoms with Crippen molar-refractivity contribution >= 4 is 27.3 Å². The molecule has 0 fully saturated rings. The molecule has 0 saturated carbocycles. The molecule has 4 rings (SSSR count). The van der Waals surface area contributed by atoms with Gasteiger partial charge in [-0.2, -0.15) is 17.9 Å². The maximum absolute atomic E-state index is 13.0. The van der Waals surface area contributed by atoms with Crippen LogP contribution < -0.4 is 5.32 Å². The Balaban J connectivity index is 1.71. The van der Waals surface area contributed by atoms with Gasteiger partial charge in [0.1, 0.15) is 12.3 Å². The number of nitrogens with one attached hydrogen (secondary N) is 1. The van der Waals surface area contributed by atoms with Crippen LogP contribution in [0.25, 0.3) is 0 Å². The number of hydrogen-bond acceptors (Lipinski definition) is 4. The molecule has 0 atom stereocenters. The molecule has 7 heteroatoms. The van der Waals surface area contributed by atoms with Gasteiger partial charge in [-0.05, 0) is 18.2 Å². The third-order valence-corrected chi connectivity index (χ3v) is 5.97. The van der Waals surface area contributed by atoms with Gasteiger partial charge in [-0.3, -0.25) is 4.79 Å². The van der Waals surface area contributed by atoms with E-state index in [1.54, 1.807) is 42.5 Å². The van der Waals surface area contributed by atoms with Crippen molar-refractivity contribution in [1.82, 2.24) is 4.41 Å². The van der Waals surface area contributed by atoms with E-state index in [0.717, 1.165) is 9.98 Å². The highest BCUT2D eigenvalue weighted by atomic mass is 32.2. The number of anilines is 1. The number of fused-ring (bicyclic) bond motifs is 1. The number of rotatable bonds is 4. The summed E-state index contributed by atoms with van der Waals surface area (Å²) >= 11 is 0. The molecule has 0 aliphatic carbocycles. The lowest BCUT2D eigenvalue weighted by Gasteiger charge is -2.26. The quantitative estimate of drug-likeness (QED) is 0.742. The Bertz CT molecular complexity index is 1140. The largest absolute Gasteiger partial charge is 0.324 e. The first-order chi connectivity index (χ1) is 13.6. The van der Waals surface area contributed by atoms with E-state index in [0.29, 0.717) is 17.0 Å². The van der Waals surface area contributed by atoms with Crippen molar-refractivity contribution in [1.29, 1.82) is 0 Å². The molecule has 1 N–H and O–H groups in total. The van der Waals surface area contributed by atoms with Gasteiger partial charge in [-0.25, -0.2) is 0 Å². The molecule has 1 aliphatic rings. The van der Waals surface area contributed by atoms with Gasteiger partial charge in [0.2, 0.25) is 5.91 Å². The standard InChI is InChI=1S/C21H17N3O3S/c25-20(22-17-11-5-2-6-12-17)15-24-23-21(16-9-3-1-4-10-16)18-13-7-8-14-19(18)28(24,26)27/h1-14H,15H2,(H,22,25). The minimum absolute atomic E-state index is 0.136. The lowest BCUT2D eigenvalue weighted by atomic mass is 10.0. The molecule has 0 saturated heterocycles. The number of amides is 1. The van der Waals surface area contributed by atoms with E-state index in [-0.39, 0.29) is 4.90 Å². The Morgan fingerprint density at radius 2 is 1.46 bits per heavy atom. The van der Waals surface area contributed by atoms with E-state index in [9.17, 15) is 13.2 Å². The Morgan fingerprint density at radius 1 is 0.857 bits per heavy atom. The second-order valence-corrected chi connectivity index (χ2v) is 8.02. The lowest BCUT2D eigenvalue weighted by Crippen LogP contribution is -2.38. The monoisotopic (exact) mass is 391 g/mol. The predicted octanol–water partition coefficient (Wildman–Crippen LogP) is 3.08. The fraction of sp³-hybridized carbons (Fsp3) is 0.0476. The SMILES string of the molecule is O=C(CN1N=C(c2ccccc2)c2ccccc2S1(=O)=O)Nc1ccccc1.